The van der Waals surface area contributed by atoms with Gasteiger partial charge in [-0.1, -0.05) is 6.07 Å². The average Bonchev–Trinajstić information content (AvgIpc) is 2.74. The Morgan fingerprint density at radius 2 is 1.92 bits per heavy atom. The number of carbonyl (C=O) groups is 3. The third-order valence-corrected chi connectivity index (χ3v) is 3.19. The molecule has 1 aromatic carbocycles. The highest BCUT2D eigenvalue weighted by Crippen LogP contribution is 2.37. The number of aromatic carboxylic acids is 1. The van der Waals surface area contributed by atoms with Crippen LogP contribution in [0.2, 0.25) is 0 Å². The highest BCUT2D eigenvalue weighted by atomic mass is 19.4. The van der Waals surface area contributed by atoms with Crippen LogP contribution in [0.4, 0.5) is 18.9 Å². The number of carbonyl (C=O) groups excluding carboxylic acids is 2. The van der Waals surface area contributed by atoms with Gasteiger partial charge in [-0.15, -0.1) is 0 Å². The van der Waals surface area contributed by atoms with E-state index in [4.69, 9.17) is 10.2 Å². The van der Waals surface area contributed by atoms with E-state index in [2.05, 4.69) is 5.32 Å². The number of nitrogens with one attached hydrogen (secondary N) is 1. The fourth-order valence-corrected chi connectivity index (χ4v) is 2.15. The summed E-state index contributed by atoms with van der Waals surface area (Å²) >= 11 is 0. The molecule has 3 N–H and O–H groups in total. The Balaban J connectivity index is 2.46. The van der Waals surface area contributed by atoms with Crippen molar-refractivity contribution < 1.29 is 37.8 Å². The van der Waals surface area contributed by atoms with Crippen molar-refractivity contribution in [3.63, 3.8) is 0 Å². The largest absolute Gasteiger partial charge is 0.478 e. The number of aliphatic hydroxyl groups is 1. The molecule has 1 aliphatic rings. The molecule has 0 unspecified atom stereocenters. The first-order chi connectivity index (χ1) is 11.2. The van der Waals surface area contributed by atoms with Crippen molar-refractivity contribution in [3.8, 4) is 0 Å². The summed E-state index contributed by atoms with van der Waals surface area (Å²) < 4.78 is 39.3. The lowest BCUT2D eigenvalue weighted by atomic mass is 10.1. The maximum absolute atomic E-state index is 13.1. The van der Waals surface area contributed by atoms with Gasteiger partial charge in [-0.25, -0.2) is 4.79 Å². The topological polar surface area (TPSA) is 107 Å². The number of imide groups is 1. The first-order valence-electron chi connectivity index (χ1n) is 6.55. The minimum atomic E-state index is -4.87. The number of rotatable bonds is 5. The van der Waals surface area contributed by atoms with E-state index in [9.17, 15) is 27.6 Å². The van der Waals surface area contributed by atoms with Gasteiger partial charge in [0, 0.05) is 6.08 Å². The van der Waals surface area contributed by atoms with Crippen molar-refractivity contribution in [2.75, 3.05) is 18.5 Å². The predicted molar refractivity (Wildman–Crippen MR) is 73.9 cm³/mol. The minimum Gasteiger partial charge on any atom is -0.478 e. The monoisotopic (exact) mass is 344 g/mol. The number of β-amino-alcohol motifs (C(OH)–C–C–N with tert-alkyl or cyclic N) is 1. The number of alkyl halides is 3. The Morgan fingerprint density at radius 3 is 2.46 bits per heavy atom. The van der Waals surface area contributed by atoms with Crippen LogP contribution in [0.25, 0.3) is 0 Å². The predicted octanol–water partition coefficient (Wildman–Crippen LogP) is 1.06. The summed E-state index contributed by atoms with van der Waals surface area (Å²) in [5.41, 5.74) is -3.33. The van der Waals surface area contributed by atoms with Crippen LogP contribution in [-0.4, -0.2) is 46.0 Å². The van der Waals surface area contributed by atoms with Crippen LogP contribution >= 0.6 is 0 Å². The lowest BCUT2D eigenvalue weighted by Crippen LogP contribution is -2.34. The first kappa shape index (κ1) is 17.5. The maximum atomic E-state index is 13.1. The molecule has 128 valence electrons. The van der Waals surface area contributed by atoms with Crippen LogP contribution in [0.5, 0.6) is 0 Å². The van der Waals surface area contributed by atoms with E-state index in [0.29, 0.717) is 11.0 Å². The molecule has 1 aromatic rings. The smallest absolute Gasteiger partial charge is 0.418 e. The van der Waals surface area contributed by atoms with Crippen LogP contribution < -0.4 is 5.32 Å². The number of aliphatic hydroxyl groups excluding tert-OH is 1. The molecule has 0 radical (unpaired) electrons. The summed E-state index contributed by atoms with van der Waals surface area (Å²) in [6.07, 6.45) is -4.12. The molecule has 0 bridgehead atoms. The lowest BCUT2D eigenvalue weighted by Gasteiger charge is -2.18. The van der Waals surface area contributed by atoms with Gasteiger partial charge in [0.1, 0.15) is 5.70 Å². The van der Waals surface area contributed by atoms with Gasteiger partial charge in [0.2, 0.25) is 0 Å². The molecule has 24 heavy (non-hydrogen) atoms. The third-order valence-electron chi connectivity index (χ3n) is 3.19. The van der Waals surface area contributed by atoms with Crippen LogP contribution in [0.3, 0.4) is 0 Å². The second kappa shape index (κ2) is 6.32. The number of para-hydroxylation sites is 1. The van der Waals surface area contributed by atoms with E-state index in [1.54, 1.807) is 0 Å². The third kappa shape index (κ3) is 3.23. The van der Waals surface area contributed by atoms with Gasteiger partial charge in [-0.05, 0) is 12.1 Å². The molecule has 0 fully saturated rings. The molecular formula is C14H11F3N2O5. The summed E-state index contributed by atoms with van der Waals surface area (Å²) in [6.45, 7) is -0.843. The molecule has 2 rings (SSSR count). The van der Waals surface area contributed by atoms with Crippen LogP contribution in [-0.2, 0) is 15.8 Å². The van der Waals surface area contributed by atoms with Gasteiger partial charge >= 0.3 is 12.1 Å². The molecule has 1 heterocycles. The molecular weight excluding hydrogens is 333 g/mol. The molecule has 0 aromatic heterocycles. The van der Waals surface area contributed by atoms with E-state index in [1.165, 1.54) is 0 Å². The highest BCUT2D eigenvalue weighted by Gasteiger charge is 2.37. The van der Waals surface area contributed by atoms with Crippen LogP contribution in [0.15, 0.2) is 30.0 Å². The van der Waals surface area contributed by atoms with Gasteiger partial charge in [-0.2, -0.15) is 13.2 Å². The fourth-order valence-electron chi connectivity index (χ4n) is 2.15. The number of hydrogen-bond donors (Lipinski definition) is 3. The zero-order chi connectivity index (χ0) is 18.1. The molecule has 2 amide bonds. The van der Waals surface area contributed by atoms with Crippen molar-refractivity contribution in [2.24, 2.45) is 0 Å². The second-order valence-electron chi connectivity index (χ2n) is 4.73. The van der Waals surface area contributed by atoms with Crippen molar-refractivity contribution >= 4 is 23.5 Å². The van der Waals surface area contributed by atoms with Crippen molar-refractivity contribution in [3.05, 3.63) is 41.1 Å². The second-order valence-corrected chi connectivity index (χ2v) is 4.73. The number of benzene rings is 1. The normalized spacial score (nSPS) is 14.8. The summed E-state index contributed by atoms with van der Waals surface area (Å²) in [5.74, 6) is -3.41. The summed E-state index contributed by atoms with van der Waals surface area (Å²) in [6, 6.07) is 2.51. The summed E-state index contributed by atoms with van der Waals surface area (Å²) in [7, 11) is 0. The molecule has 0 saturated carbocycles. The zero-order valence-electron chi connectivity index (χ0n) is 11.9. The number of carboxylic acids is 1. The Labute approximate surface area is 133 Å². The highest BCUT2D eigenvalue weighted by molar-refractivity contribution is 6.17. The molecule has 0 atom stereocenters. The number of carboxylic acid groups (broad SMARTS) is 1. The number of hydrogen-bond acceptors (Lipinski definition) is 5. The van der Waals surface area contributed by atoms with E-state index in [-0.39, 0.29) is 6.54 Å². The molecule has 0 aliphatic carbocycles. The van der Waals surface area contributed by atoms with Gasteiger partial charge in [0.15, 0.2) is 0 Å². The SMILES string of the molecule is O=C(O)c1cccc(C(F)(F)F)c1NC1=CC(=O)N(CCO)C1=O. The van der Waals surface area contributed by atoms with Gasteiger partial charge in [-0.3, -0.25) is 14.5 Å². The Hall–Kier alpha value is -2.88. The first-order valence-corrected chi connectivity index (χ1v) is 6.55. The van der Waals surface area contributed by atoms with E-state index < -0.39 is 53.1 Å². The van der Waals surface area contributed by atoms with Gasteiger partial charge in [0.25, 0.3) is 11.8 Å². The zero-order valence-corrected chi connectivity index (χ0v) is 11.9. The van der Waals surface area contributed by atoms with Crippen molar-refractivity contribution in [1.29, 1.82) is 0 Å². The lowest BCUT2D eigenvalue weighted by molar-refractivity contribution is -0.138. The van der Waals surface area contributed by atoms with Gasteiger partial charge < -0.3 is 15.5 Å². The fraction of sp³-hybridized carbons (Fsp3) is 0.214. The Morgan fingerprint density at radius 1 is 1.25 bits per heavy atom. The van der Waals surface area contributed by atoms with E-state index in [1.807, 2.05) is 0 Å². The standard InChI is InChI=1S/C14H11F3N2O5/c15-14(16,17)8-3-1-2-7(13(23)24)11(8)18-9-6-10(21)19(4-5-20)12(9)22/h1-3,6,18,20H,4-5H2,(H,23,24). The average molecular weight is 344 g/mol. The minimum absolute atomic E-state index is 0.327. The Bertz CT molecular complexity index is 742. The van der Waals surface area contributed by atoms with Crippen LogP contribution in [0.1, 0.15) is 15.9 Å². The van der Waals surface area contributed by atoms with Gasteiger partial charge in [0.05, 0.1) is 30.0 Å². The molecule has 7 nitrogen and oxygen atoms in total. The van der Waals surface area contributed by atoms with Crippen molar-refractivity contribution in [2.45, 2.75) is 6.18 Å². The number of anilines is 1. The van der Waals surface area contributed by atoms with Crippen LogP contribution in [0, 0.1) is 0 Å². The van der Waals surface area contributed by atoms with Crippen molar-refractivity contribution in [1.82, 2.24) is 4.90 Å². The molecule has 0 spiro atoms. The van der Waals surface area contributed by atoms with E-state index >= 15 is 0 Å². The number of nitrogens with zero attached hydrogens (tertiary/aromatic N) is 1. The Kier molecular flexibility index (Phi) is 4.60. The number of amides is 2. The molecule has 0 saturated heterocycles. The molecule has 1 aliphatic heterocycles. The number of halogens is 3. The summed E-state index contributed by atoms with van der Waals surface area (Å²) in [5, 5.41) is 20.0. The maximum Gasteiger partial charge on any atom is 0.418 e. The quantitative estimate of drug-likeness (QED) is 0.690. The molecule has 10 heteroatoms. The van der Waals surface area contributed by atoms with E-state index in [0.717, 1.165) is 18.2 Å². The summed E-state index contributed by atoms with van der Waals surface area (Å²) in [4.78, 5) is 35.4.